The molecule has 0 heterocycles. The zero-order valence-corrected chi connectivity index (χ0v) is 72.7. The largest absolute Gasteiger partial charge is 0.402 e. The van der Waals surface area contributed by atoms with Gasteiger partial charge in [-0.1, -0.05) is 351 Å². The summed E-state index contributed by atoms with van der Waals surface area (Å²) in [7, 11) is 0. The summed E-state index contributed by atoms with van der Waals surface area (Å²) in [6.07, 6.45) is -22.5. The van der Waals surface area contributed by atoms with E-state index in [1.54, 1.807) is 34.6 Å². The second-order valence-electron chi connectivity index (χ2n) is 28.5. The Labute approximate surface area is 640 Å². The Morgan fingerprint density at radius 1 is 0.368 bits per heavy atom. The highest BCUT2D eigenvalue weighted by molar-refractivity contribution is 4.84. The first kappa shape index (κ1) is 128. The van der Waals surface area contributed by atoms with Gasteiger partial charge < -0.3 is 0 Å². The Hall–Kier alpha value is -1.89. The molecule has 0 nitrogen and oxygen atoms in total. The van der Waals surface area contributed by atoms with Gasteiger partial charge in [0.25, 0.3) is 0 Å². The molecule has 27 heteroatoms. The van der Waals surface area contributed by atoms with Crippen LogP contribution in [0, 0.1) is 64.0 Å². The van der Waals surface area contributed by atoms with Crippen molar-refractivity contribution >= 4 is 0 Å². The van der Waals surface area contributed by atoms with Crippen LogP contribution >= 0.6 is 0 Å². The summed E-state index contributed by atoms with van der Waals surface area (Å²) in [4.78, 5) is 0. The lowest BCUT2D eigenvalue weighted by Crippen LogP contribution is -2.44. The Morgan fingerprint density at radius 3 is 0.660 bits per heavy atom. The van der Waals surface area contributed by atoms with Crippen LogP contribution in [0.5, 0.6) is 0 Å². The summed E-state index contributed by atoms with van der Waals surface area (Å²) in [5, 5.41) is 0. The molecule has 1 rings (SSSR count). The number of hydrogen-bond acceptors (Lipinski definition) is 0. The maximum atomic E-state index is 11.6. The van der Waals surface area contributed by atoms with Crippen molar-refractivity contribution in [3.8, 4) is 0 Å². The van der Waals surface area contributed by atoms with Gasteiger partial charge in [-0.3, -0.25) is 0 Å². The normalized spacial score (nSPS) is 14.6. The maximum Gasteiger partial charge on any atom is 0.402 e. The van der Waals surface area contributed by atoms with Gasteiger partial charge in [-0.2, -0.15) is 119 Å². The highest BCUT2D eigenvalue weighted by Crippen LogP contribution is 2.49. The number of unbranched alkanes of at least 4 members (excludes halogenated alkanes) is 5. The third kappa shape index (κ3) is 167. The van der Waals surface area contributed by atoms with E-state index in [1.165, 1.54) is 78.1 Å². The van der Waals surface area contributed by atoms with Crippen molar-refractivity contribution in [3.63, 3.8) is 0 Å². The van der Waals surface area contributed by atoms with Crippen LogP contribution < -0.4 is 0 Å². The molecule has 0 aromatic heterocycles. The Balaban J connectivity index is -0.0000000624. The predicted molar refractivity (Wildman–Crippen MR) is 401 cm³/mol. The first-order chi connectivity index (χ1) is 48.4. The standard InChI is InChI=1S/C7H14.3C6H11F3.C5H6F6.2C5H9F3.2C5H12.2C4H7F3.4C4H10.C3H8.C2H6/c1-7-5-3-2-4-6-7;2*1-3-5(2)4-6(7,8)9;1-2-3-4-5-6(7,8)9;1-3(2,4(6,7)8)5(9,10)11;1-4(2,3)5(6,7)8;1-3-4(2)5(6,7)8;1-4-5(2)3;1-3-5-4-2;2*1-3(2)4(5,6)7;2*1-4(2)3;2*1-3-4-2;1-3-2;1-2/h7H,2-6H2,1H3;2*5H,3-4H2,1-2H3;2-5H2,1H3;1-2H3;1-3H3;4H,3H2,1-2H3;5H,4H2,1-3H3;3-5H2,1-2H3;2*3H,1-2H3;2*4H,1-3H3;2*3-4H2,1-2H3;3H2,1-2H3;1-2H3/i7D;;;;;;;;;3D;;4D;;3D2;;;. The third-order valence-corrected chi connectivity index (χ3v) is 12.4. The van der Waals surface area contributed by atoms with Crippen LogP contribution in [0.15, 0.2) is 0 Å². The van der Waals surface area contributed by atoms with Gasteiger partial charge in [-0.25, -0.2) is 0 Å². The topological polar surface area (TPSA) is 0 Å². The molecule has 1 aliphatic rings. The Morgan fingerprint density at radius 2 is 0.604 bits per heavy atom. The van der Waals surface area contributed by atoms with Crippen molar-refractivity contribution < 1.29 is 125 Å². The molecule has 0 aliphatic heterocycles. The average molecular weight is 1630 g/mol. The number of rotatable bonds is 13. The zero-order valence-electron chi connectivity index (χ0n) is 77.7. The molecule has 3 unspecified atom stereocenters. The second-order valence-corrected chi connectivity index (χ2v) is 28.5. The van der Waals surface area contributed by atoms with Crippen LogP contribution in [0.3, 0.4) is 0 Å². The fourth-order valence-electron chi connectivity index (χ4n) is 3.56. The van der Waals surface area contributed by atoms with E-state index in [4.69, 9.17) is 6.85 Å². The molecule has 1 fully saturated rings. The molecule has 3 atom stereocenters. The minimum absolute atomic E-state index is 0.0712. The van der Waals surface area contributed by atoms with Crippen molar-refractivity contribution in [1.82, 2.24) is 0 Å². The van der Waals surface area contributed by atoms with E-state index in [0.717, 1.165) is 79.6 Å². The second kappa shape index (κ2) is 82.6. The van der Waals surface area contributed by atoms with E-state index in [2.05, 4.69) is 83.1 Å². The molecule has 1 saturated carbocycles. The summed E-state index contributed by atoms with van der Waals surface area (Å²) in [5.41, 5.74) is -5.19. The highest BCUT2D eigenvalue weighted by atomic mass is 19.4. The molecule has 0 spiro atoms. The minimum Gasteiger partial charge on any atom is -0.171 e. The van der Waals surface area contributed by atoms with Gasteiger partial charge in [0.15, 0.2) is 5.41 Å². The molecular formula is C79H163F27. The van der Waals surface area contributed by atoms with E-state index >= 15 is 0 Å². The molecule has 106 heavy (non-hydrogen) atoms. The quantitative estimate of drug-likeness (QED) is 0.127. The van der Waals surface area contributed by atoms with Crippen molar-refractivity contribution in [2.45, 2.75) is 452 Å². The van der Waals surface area contributed by atoms with Crippen LogP contribution in [0.25, 0.3) is 0 Å². The minimum atomic E-state index is -5.24. The maximum absolute atomic E-state index is 11.6. The zero-order chi connectivity index (χ0) is 94.5. The smallest absolute Gasteiger partial charge is 0.171 e. The SMILES string of the molecule is CC.CC(C)(C(F)(F)F)C(F)(F)F.CC(C)(C)C(F)(F)F.CC(C)C.CC(C)C(F)(F)F.CCC.CCC(C)C.CCC(C)C(F)(F)F.CCC(C)CC(F)(F)F.CCC(C)CC(F)(F)F.CCCC.CCCCC.CCCCCC(F)(F)F.[2H]C(C)(C)C.[2H]C(C)(C)C(F)(F)F.[2H]C([2H])(C)CC.[2H]C1(C)CCCCC1. The molecule has 1 aliphatic carbocycles. The van der Waals surface area contributed by atoms with Gasteiger partial charge in [-0.15, -0.1) is 0 Å². The molecule has 0 N–H and O–H groups in total. The molecule has 0 aromatic carbocycles. The van der Waals surface area contributed by atoms with Crippen LogP contribution in [-0.4, -0.2) is 55.6 Å². The predicted octanol–water partition coefficient (Wildman–Crippen LogP) is 38.1. The lowest BCUT2D eigenvalue weighted by atomic mass is 9.91. The van der Waals surface area contributed by atoms with E-state index < -0.39 is 110 Å². The van der Waals surface area contributed by atoms with Crippen molar-refractivity contribution in [2.24, 2.45) is 64.0 Å². The van der Waals surface area contributed by atoms with E-state index in [0.29, 0.717) is 25.7 Å². The molecule has 668 valence electrons. The molecule has 0 radical (unpaired) electrons. The van der Waals surface area contributed by atoms with Crippen molar-refractivity contribution in [3.05, 3.63) is 0 Å². The van der Waals surface area contributed by atoms with Gasteiger partial charge in [0.2, 0.25) is 0 Å². The summed E-state index contributed by atoms with van der Waals surface area (Å²) >= 11 is 0. The Kier molecular flexibility index (Phi) is 99.4. The molecule has 0 saturated heterocycles. The summed E-state index contributed by atoms with van der Waals surface area (Å²) in [6, 6.07) is 0. The summed E-state index contributed by atoms with van der Waals surface area (Å²) in [6.45, 7) is 60.0. The first-order valence-electron chi connectivity index (χ1n) is 40.0. The summed E-state index contributed by atoms with van der Waals surface area (Å²) < 4.78 is 344. The third-order valence-electron chi connectivity index (χ3n) is 12.4. The number of alkyl halides is 27. The lowest BCUT2D eigenvalue weighted by molar-refractivity contribution is -0.327. The van der Waals surface area contributed by atoms with E-state index in [1.807, 2.05) is 55.4 Å². The van der Waals surface area contributed by atoms with Gasteiger partial charge in [0.1, 0.15) is 0 Å². The molecule has 0 bridgehead atoms. The van der Waals surface area contributed by atoms with Crippen LogP contribution in [0.1, 0.15) is 404 Å². The lowest BCUT2D eigenvalue weighted by Gasteiger charge is -2.29. The van der Waals surface area contributed by atoms with E-state index in [-0.39, 0.29) is 50.3 Å². The summed E-state index contributed by atoms with van der Waals surface area (Å²) in [5.74, 6) is -3.73. The number of hydrogen-bond donors (Lipinski definition) is 0. The van der Waals surface area contributed by atoms with Crippen LogP contribution in [-0.2, 0) is 0 Å². The first-order valence-corrected chi connectivity index (χ1v) is 37.5. The van der Waals surface area contributed by atoms with Crippen molar-refractivity contribution in [2.75, 3.05) is 0 Å². The monoisotopic (exact) mass is 1630 g/mol. The average Bonchev–Trinajstić information content (AvgIpc) is 0.785. The van der Waals surface area contributed by atoms with Crippen LogP contribution in [0.2, 0.25) is 0 Å². The fraction of sp³-hybridized carbons (Fsp3) is 1.00. The van der Waals surface area contributed by atoms with Crippen LogP contribution in [0.4, 0.5) is 119 Å². The fourth-order valence-corrected chi connectivity index (χ4v) is 3.56. The van der Waals surface area contributed by atoms with Gasteiger partial charge in [0, 0.05) is 37.9 Å². The number of halogens is 27. The van der Waals surface area contributed by atoms with E-state index in [9.17, 15) is 119 Å². The Bertz CT molecular complexity index is 1690. The van der Waals surface area contributed by atoms with Crippen molar-refractivity contribution in [1.29, 1.82) is 0 Å². The van der Waals surface area contributed by atoms with Gasteiger partial charge in [-0.05, 0) is 62.1 Å². The molecule has 0 aromatic rings. The molecule has 0 amide bonds. The van der Waals surface area contributed by atoms with Gasteiger partial charge >= 0.3 is 55.6 Å². The molecular weight excluding hydrogens is 1460 g/mol. The highest BCUT2D eigenvalue weighted by Gasteiger charge is 2.64. The van der Waals surface area contributed by atoms with Gasteiger partial charge in [0.05, 0.1) is 11.3 Å².